The molecule has 0 fully saturated rings. The van der Waals surface area contributed by atoms with Crippen LogP contribution in [0, 0.1) is 5.92 Å². The molecule has 1 atom stereocenters. The van der Waals surface area contributed by atoms with Gasteiger partial charge in [-0.15, -0.1) is 0 Å². The second kappa shape index (κ2) is 7.16. The summed E-state index contributed by atoms with van der Waals surface area (Å²) in [6.07, 6.45) is 4.74. The number of carbonyl (C=O) groups excluding carboxylic acids is 1. The Kier molecular flexibility index (Phi) is 5.85. The van der Waals surface area contributed by atoms with E-state index in [0.717, 1.165) is 18.7 Å². The van der Waals surface area contributed by atoms with E-state index in [4.69, 9.17) is 10.5 Å². The molecule has 1 rings (SSSR count). The van der Waals surface area contributed by atoms with E-state index in [9.17, 15) is 4.79 Å². The molecular formula is C13H23N3O2. The number of nitrogens with two attached hydrogens (primary N) is 1. The van der Waals surface area contributed by atoms with Crippen molar-refractivity contribution in [1.82, 2.24) is 9.55 Å². The molecule has 18 heavy (non-hydrogen) atoms. The highest BCUT2D eigenvalue weighted by atomic mass is 16.5. The fraction of sp³-hybridized carbons (Fsp3) is 0.692. The number of carbonyl (C=O) groups is 1. The first kappa shape index (κ1) is 14.7. The molecule has 1 unspecified atom stereocenters. The molecule has 0 saturated carbocycles. The molecule has 0 radical (unpaired) electrons. The fourth-order valence-electron chi connectivity index (χ4n) is 1.76. The summed E-state index contributed by atoms with van der Waals surface area (Å²) in [5.74, 6) is 0.220. The first-order valence-electron chi connectivity index (χ1n) is 6.47. The highest BCUT2D eigenvalue weighted by Gasteiger charge is 2.15. The molecule has 0 aliphatic heterocycles. The summed E-state index contributed by atoms with van der Waals surface area (Å²) >= 11 is 0. The van der Waals surface area contributed by atoms with Crippen LogP contribution in [0.2, 0.25) is 0 Å². The van der Waals surface area contributed by atoms with Gasteiger partial charge in [0.15, 0.2) is 0 Å². The topological polar surface area (TPSA) is 70.1 Å². The molecule has 0 spiro atoms. The van der Waals surface area contributed by atoms with Crippen LogP contribution in [0.3, 0.4) is 0 Å². The van der Waals surface area contributed by atoms with Crippen molar-refractivity contribution in [3.63, 3.8) is 0 Å². The summed E-state index contributed by atoms with van der Waals surface area (Å²) in [6, 6.07) is -0.0184. The Hall–Kier alpha value is -1.36. The first-order valence-corrected chi connectivity index (χ1v) is 6.47. The van der Waals surface area contributed by atoms with Gasteiger partial charge in [-0.05, 0) is 19.3 Å². The SMILES string of the molecule is CCOC(=O)CCCn1cncc1C(N)C(C)C. The highest BCUT2D eigenvalue weighted by molar-refractivity contribution is 5.69. The van der Waals surface area contributed by atoms with Crippen LogP contribution in [0.5, 0.6) is 0 Å². The minimum absolute atomic E-state index is 0.0184. The van der Waals surface area contributed by atoms with Crippen molar-refractivity contribution < 1.29 is 9.53 Å². The molecule has 0 amide bonds. The predicted octanol–water partition coefficient (Wildman–Crippen LogP) is 1.88. The second-order valence-corrected chi connectivity index (χ2v) is 4.69. The maximum Gasteiger partial charge on any atom is 0.305 e. The maximum atomic E-state index is 11.2. The quantitative estimate of drug-likeness (QED) is 0.753. The van der Waals surface area contributed by atoms with Crippen molar-refractivity contribution in [1.29, 1.82) is 0 Å². The summed E-state index contributed by atoms with van der Waals surface area (Å²) < 4.78 is 6.91. The first-order chi connectivity index (χ1) is 8.56. The molecule has 5 nitrogen and oxygen atoms in total. The van der Waals surface area contributed by atoms with Gasteiger partial charge >= 0.3 is 5.97 Å². The Morgan fingerprint density at radius 2 is 2.28 bits per heavy atom. The number of hydrogen-bond acceptors (Lipinski definition) is 4. The molecule has 0 aliphatic carbocycles. The van der Waals surface area contributed by atoms with Gasteiger partial charge in [0.05, 0.1) is 18.6 Å². The normalized spacial score (nSPS) is 12.7. The third kappa shape index (κ3) is 4.14. The van der Waals surface area contributed by atoms with Crippen molar-refractivity contribution in [2.24, 2.45) is 11.7 Å². The van der Waals surface area contributed by atoms with Crippen LogP contribution >= 0.6 is 0 Å². The number of nitrogens with zero attached hydrogens (tertiary/aromatic N) is 2. The summed E-state index contributed by atoms with van der Waals surface area (Å²) in [5, 5.41) is 0. The van der Waals surface area contributed by atoms with Gasteiger partial charge in [-0.3, -0.25) is 4.79 Å². The molecule has 2 N–H and O–H groups in total. The van der Waals surface area contributed by atoms with Gasteiger partial charge in [0.2, 0.25) is 0 Å². The number of hydrogen-bond donors (Lipinski definition) is 1. The third-order valence-electron chi connectivity index (χ3n) is 2.89. The number of imidazole rings is 1. The summed E-state index contributed by atoms with van der Waals surface area (Å²) in [6.45, 7) is 7.16. The number of esters is 1. The number of aryl methyl sites for hydroxylation is 1. The van der Waals surface area contributed by atoms with Crippen molar-refractivity contribution in [3.05, 3.63) is 18.2 Å². The van der Waals surface area contributed by atoms with Gasteiger partial charge < -0.3 is 15.0 Å². The summed E-state index contributed by atoms with van der Waals surface area (Å²) in [5.41, 5.74) is 7.13. The molecule has 1 heterocycles. The Morgan fingerprint density at radius 3 is 2.89 bits per heavy atom. The molecule has 5 heteroatoms. The van der Waals surface area contributed by atoms with E-state index in [1.165, 1.54) is 0 Å². The predicted molar refractivity (Wildman–Crippen MR) is 69.9 cm³/mol. The maximum absolute atomic E-state index is 11.2. The second-order valence-electron chi connectivity index (χ2n) is 4.69. The number of rotatable bonds is 7. The van der Waals surface area contributed by atoms with Crippen molar-refractivity contribution in [2.45, 2.75) is 46.2 Å². The van der Waals surface area contributed by atoms with E-state index in [-0.39, 0.29) is 12.0 Å². The Bertz CT molecular complexity index is 374. The van der Waals surface area contributed by atoms with Crippen LogP contribution in [-0.2, 0) is 16.1 Å². The molecule has 0 aliphatic rings. The number of ether oxygens (including phenoxy) is 1. The number of aromatic nitrogens is 2. The average Bonchev–Trinajstić information content (AvgIpc) is 2.76. The zero-order chi connectivity index (χ0) is 13.5. The van der Waals surface area contributed by atoms with Gasteiger partial charge in [0.25, 0.3) is 0 Å². The molecule has 1 aromatic rings. The standard InChI is InChI=1S/C13H23N3O2/c1-4-18-12(17)6-5-7-16-9-15-8-11(16)13(14)10(2)3/h8-10,13H,4-7,14H2,1-3H3. The van der Waals surface area contributed by atoms with Gasteiger partial charge in [-0.2, -0.15) is 0 Å². The van der Waals surface area contributed by atoms with Crippen LogP contribution < -0.4 is 5.73 Å². The third-order valence-corrected chi connectivity index (χ3v) is 2.89. The smallest absolute Gasteiger partial charge is 0.305 e. The Morgan fingerprint density at radius 1 is 1.56 bits per heavy atom. The molecule has 0 saturated heterocycles. The zero-order valence-electron chi connectivity index (χ0n) is 11.4. The molecular weight excluding hydrogens is 230 g/mol. The lowest BCUT2D eigenvalue weighted by Gasteiger charge is -2.17. The summed E-state index contributed by atoms with van der Waals surface area (Å²) in [4.78, 5) is 15.4. The average molecular weight is 253 g/mol. The fourth-order valence-corrected chi connectivity index (χ4v) is 1.76. The minimum Gasteiger partial charge on any atom is -0.466 e. The van der Waals surface area contributed by atoms with Crippen molar-refractivity contribution in [2.75, 3.05) is 6.61 Å². The van der Waals surface area contributed by atoms with E-state index in [0.29, 0.717) is 18.9 Å². The Balaban J connectivity index is 2.48. The Labute approximate surface area is 108 Å². The van der Waals surface area contributed by atoms with E-state index >= 15 is 0 Å². The van der Waals surface area contributed by atoms with Crippen molar-refractivity contribution in [3.8, 4) is 0 Å². The van der Waals surface area contributed by atoms with Crippen LogP contribution in [0.1, 0.15) is 45.3 Å². The van der Waals surface area contributed by atoms with E-state index in [2.05, 4.69) is 18.8 Å². The summed E-state index contributed by atoms with van der Waals surface area (Å²) in [7, 11) is 0. The molecule has 0 bridgehead atoms. The largest absolute Gasteiger partial charge is 0.466 e. The van der Waals surface area contributed by atoms with Crippen LogP contribution in [0.15, 0.2) is 12.5 Å². The lowest BCUT2D eigenvalue weighted by atomic mass is 10.0. The van der Waals surface area contributed by atoms with E-state index < -0.39 is 0 Å². The van der Waals surface area contributed by atoms with Crippen LogP contribution in [0.25, 0.3) is 0 Å². The van der Waals surface area contributed by atoms with E-state index in [1.54, 1.807) is 12.5 Å². The monoisotopic (exact) mass is 253 g/mol. The van der Waals surface area contributed by atoms with Gasteiger partial charge in [0.1, 0.15) is 0 Å². The van der Waals surface area contributed by atoms with Crippen LogP contribution in [-0.4, -0.2) is 22.1 Å². The van der Waals surface area contributed by atoms with Crippen LogP contribution in [0.4, 0.5) is 0 Å². The minimum atomic E-state index is -0.146. The zero-order valence-corrected chi connectivity index (χ0v) is 11.4. The van der Waals surface area contributed by atoms with Gasteiger partial charge in [0, 0.05) is 25.2 Å². The van der Waals surface area contributed by atoms with Crippen molar-refractivity contribution >= 4 is 5.97 Å². The molecule has 102 valence electrons. The molecule has 1 aromatic heterocycles. The van der Waals surface area contributed by atoms with Gasteiger partial charge in [-0.25, -0.2) is 4.98 Å². The highest BCUT2D eigenvalue weighted by Crippen LogP contribution is 2.18. The lowest BCUT2D eigenvalue weighted by molar-refractivity contribution is -0.143. The van der Waals surface area contributed by atoms with Gasteiger partial charge in [-0.1, -0.05) is 13.8 Å². The van der Waals surface area contributed by atoms with E-state index in [1.807, 2.05) is 11.5 Å². The lowest BCUT2D eigenvalue weighted by Crippen LogP contribution is -2.20. The molecule has 0 aromatic carbocycles.